The number of halogens is 1. The molecule has 9 heteroatoms. The Hall–Kier alpha value is -3.23. The Kier molecular flexibility index (Phi) is 6.81. The van der Waals surface area contributed by atoms with E-state index in [1.54, 1.807) is 37.3 Å². The molecule has 30 heavy (non-hydrogen) atoms. The van der Waals surface area contributed by atoms with Crippen LogP contribution in [0.1, 0.15) is 27.8 Å². The van der Waals surface area contributed by atoms with Crippen LogP contribution < -0.4 is 10.6 Å². The van der Waals surface area contributed by atoms with E-state index in [1.165, 1.54) is 36.2 Å². The van der Waals surface area contributed by atoms with E-state index >= 15 is 0 Å². The lowest BCUT2D eigenvalue weighted by atomic mass is 10.2. The van der Waals surface area contributed by atoms with Crippen LogP contribution in [0, 0.1) is 0 Å². The van der Waals surface area contributed by atoms with E-state index in [0.717, 1.165) is 4.90 Å². The van der Waals surface area contributed by atoms with Crippen LogP contribution >= 0.6 is 23.4 Å². The van der Waals surface area contributed by atoms with Gasteiger partial charge < -0.3 is 20.2 Å². The first-order valence-electron chi connectivity index (χ1n) is 8.79. The molecule has 0 aliphatic carbocycles. The summed E-state index contributed by atoms with van der Waals surface area (Å²) in [6, 6.07) is 14.3. The molecule has 0 saturated heterocycles. The van der Waals surface area contributed by atoms with Crippen molar-refractivity contribution in [2.75, 3.05) is 10.6 Å². The van der Waals surface area contributed by atoms with E-state index in [1.807, 2.05) is 6.07 Å². The van der Waals surface area contributed by atoms with Gasteiger partial charge in [0.25, 0.3) is 5.91 Å². The number of anilines is 2. The second kappa shape index (κ2) is 9.51. The number of aromatic carboxylic acids is 1. The summed E-state index contributed by atoms with van der Waals surface area (Å²) in [6.45, 7) is 1.71. The maximum Gasteiger partial charge on any atom is 0.335 e. The van der Waals surface area contributed by atoms with Crippen LogP contribution in [0.15, 0.2) is 70.2 Å². The summed E-state index contributed by atoms with van der Waals surface area (Å²) in [7, 11) is 0. The number of carbonyl (C=O) groups is 3. The van der Waals surface area contributed by atoms with Gasteiger partial charge in [0.2, 0.25) is 5.91 Å². The predicted octanol–water partition coefficient (Wildman–Crippen LogP) is 5.00. The molecule has 7 nitrogen and oxygen atoms in total. The average Bonchev–Trinajstić information content (AvgIpc) is 3.24. The quantitative estimate of drug-likeness (QED) is 0.442. The van der Waals surface area contributed by atoms with Gasteiger partial charge in [-0.1, -0.05) is 17.7 Å². The fraction of sp³-hybridized carbons (Fsp3) is 0.0952. The van der Waals surface area contributed by atoms with Crippen LogP contribution in [0.5, 0.6) is 0 Å². The van der Waals surface area contributed by atoms with Crippen LogP contribution in [-0.2, 0) is 4.79 Å². The number of benzene rings is 2. The summed E-state index contributed by atoms with van der Waals surface area (Å²) < 4.78 is 5.07. The van der Waals surface area contributed by atoms with Gasteiger partial charge in [0.15, 0.2) is 5.76 Å². The molecule has 0 fully saturated rings. The molecule has 1 heterocycles. The number of hydrogen-bond donors (Lipinski definition) is 3. The third-order valence-corrected chi connectivity index (χ3v) is 5.41. The van der Waals surface area contributed by atoms with Crippen molar-refractivity contribution in [1.82, 2.24) is 0 Å². The molecular weight excluding hydrogens is 428 g/mol. The highest BCUT2D eigenvalue weighted by atomic mass is 35.5. The molecule has 154 valence electrons. The molecule has 0 aliphatic heterocycles. The number of furan rings is 1. The molecule has 2 amide bonds. The van der Waals surface area contributed by atoms with Gasteiger partial charge in [-0.15, -0.1) is 11.8 Å². The van der Waals surface area contributed by atoms with Crippen molar-refractivity contribution in [3.05, 3.63) is 77.2 Å². The molecule has 1 atom stereocenters. The number of carboxylic acids is 1. The van der Waals surface area contributed by atoms with Crippen LogP contribution in [0.4, 0.5) is 11.4 Å². The zero-order valence-corrected chi connectivity index (χ0v) is 17.3. The fourth-order valence-electron chi connectivity index (χ4n) is 2.49. The summed E-state index contributed by atoms with van der Waals surface area (Å²) in [4.78, 5) is 36.5. The Morgan fingerprint density at radius 1 is 1.07 bits per heavy atom. The van der Waals surface area contributed by atoms with E-state index in [0.29, 0.717) is 5.69 Å². The number of carbonyl (C=O) groups excluding carboxylic acids is 2. The van der Waals surface area contributed by atoms with Crippen molar-refractivity contribution >= 4 is 52.5 Å². The largest absolute Gasteiger partial charge is 0.478 e. The summed E-state index contributed by atoms with van der Waals surface area (Å²) in [5.74, 6) is -1.63. The number of amides is 2. The lowest BCUT2D eigenvalue weighted by molar-refractivity contribution is -0.115. The summed E-state index contributed by atoms with van der Waals surface area (Å²) in [6.07, 6.45) is 1.42. The maximum atomic E-state index is 12.5. The Morgan fingerprint density at radius 3 is 2.57 bits per heavy atom. The average molecular weight is 445 g/mol. The minimum Gasteiger partial charge on any atom is -0.478 e. The monoisotopic (exact) mass is 444 g/mol. The second-order valence-corrected chi connectivity index (χ2v) is 8.03. The van der Waals surface area contributed by atoms with Crippen molar-refractivity contribution in [3.63, 3.8) is 0 Å². The van der Waals surface area contributed by atoms with E-state index in [2.05, 4.69) is 10.6 Å². The lowest BCUT2D eigenvalue weighted by Gasteiger charge is -2.14. The van der Waals surface area contributed by atoms with Gasteiger partial charge in [0, 0.05) is 10.6 Å². The highest BCUT2D eigenvalue weighted by Gasteiger charge is 2.17. The number of carboxylic acid groups (broad SMARTS) is 1. The maximum absolute atomic E-state index is 12.5. The number of thioether (sulfide) groups is 1. The fourth-order valence-corrected chi connectivity index (χ4v) is 3.58. The normalized spacial score (nSPS) is 11.5. The smallest absolute Gasteiger partial charge is 0.335 e. The van der Waals surface area contributed by atoms with Crippen molar-refractivity contribution in [1.29, 1.82) is 0 Å². The Bertz CT molecular complexity index is 1080. The van der Waals surface area contributed by atoms with E-state index in [9.17, 15) is 14.4 Å². The van der Waals surface area contributed by atoms with Gasteiger partial charge in [0.05, 0.1) is 27.8 Å². The van der Waals surface area contributed by atoms with E-state index < -0.39 is 11.2 Å². The molecule has 0 bridgehead atoms. The van der Waals surface area contributed by atoms with Crippen LogP contribution in [0.25, 0.3) is 0 Å². The van der Waals surface area contributed by atoms with Gasteiger partial charge in [-0.2, -0.15) is 0 Å². The number of hydrogen-bond acceptors (Lipinski definition) is 5. The minimum absolute atomic E-state index is 0.0232. The predicted molar refractivity (Wildman–Crippen MR) is 115 cm³/mol. The SMILES string of the molecule is CC(Sc1cccc(NC(=O)c2ccco2)c1)C(=O)Nc1cc(C(=O)O)ccc1Cl. The van der Waals surface area contributed by atoms with Crippen LogP contribution in [0.2, 0.25) is 5.02 Å². The molecule has 0 spiro atoms. The molecule has 1 unspecified atom stereocenters. The second-order valence-electron chi connectivity index (χ2n) is 6.21. The van der Waals surface area contributed by atoms with Crippen LogP contribution in [0.3, 0.4) is 0 Å². The van der Waals surface area contributed by atoms with Crippen molar-refractivity contribution in [3.8, 4) is 0 Å². The zero-order chi connectivity index (χ0) is 21.7. The molecular formula is C21H17ClN2O5S. The van der Waals surface area contributed by atoms with Gasteiger partial charge in [0.1, 0.15) is 0 Å². The zero-order valence-electron chi connectivity index (χ0n) is 15.7. The third-order valence-electron chi connectivity index (χ3n) is 3.99. The number of nitrogens with one attached hydrogen (secondary N) is 2. The van der Waals surface area contributed by atoms with Crippen molar-refractivity contribution < 1.29 is 23.9 Å². The summed E-state index contributed by atoms with van der Waals surface area (Å²) in [5, 5.41) is 14.2. The van der Waals surface area contributed by atoms with E-state index in [4.69, 9.17) is 21.1 Å². The van der Waals surface area contributed by atoms with Gasteiger partial charge in [-0.05, 0) is 55.5 Å². The van der Waals surface area contributed by atoms with Crippen molar-refractivity contribution in [2.45, 2.75) is 17.1 Å². The van der Waals surface area contributed by atoms with Gasteiger partial charge in [-0.3, -0.25) is 9.59 Å². The van der Waals surface area contributed by atoms with E-state index in [-0.39, 0.29) is 33.8 Å². The molecule has 0 radical (unpaired) electrons. The highest BCUT2D eigenvalue weighted by Crippen LogP contribution is 2.28. The standard InChI is InChI=1S/C21H17ClN2O5S/c1-12(19(25)24-17-10-13(21(27)28)7-8-16(17)22)30-15-5-2-4-14(11-15)23-20(26)18-6-3-9-29-18/h2-12H,1H3,(H,23,26)(H,24,25)(H,27,28). The van der Waals surface area contributed by atoms with Crippen LogP contribution in [-0.4, -0.2) is 28.1 Å². The first-order valence-corrected chi connectivity index (χ1v) is 10.0. The molecule has 0 aliphatic rings. The topological polar surface area (TPSA) is 109 Å². The molecule has 3 aromatic rings. The molecule has 3 N–H and O–H groups in total. The minimum atomic E-state index is -1.11. The molecule has 0 saturated carbocycles. The molecule has 3 rings (SSSR count). The number of rotatable bonds is 7. The molecule has 2 aromatic carbocycles. The summed E-state index contributed by atoms with van der Waals surface area (Å²) in [5.41, 5.74) is 0.815. The first-order chi connectivity index (χ1) is 14.3. The third kappa shape index (κ3) is 5.43. The Labute approximate surface area is 181 Å². The van der Waals surface area contributed by atoms with Crippen molar-refractivity contribution in [2.24, 2.45) is 0 Å². The lowest BCUT2D eigenvalue weighted by Crippen LogP contribution is -2.22. The first kappa shape index (κ1) is 21.5. The Balaban J connectivity index is 1.65. The molecule has 1 aromatic heterocycles. The van der Waals surface area contributed by atoms with Gasteiger partial charge in [-0.25, -0.2) is 4.79 Å². The summed E-state index contributed by atoms with van der Waals surface area (Å²) >= 11 is 7.34. The van der Waals surface area contributed by atoms with Gasteiger partial charge >= 0.3 is 5.97 Å². The Morgan fingerprint density at radius 2 is 1.87 bits per heavy atom. The highest BCUT2D eigenvalue weighted by molar-refractivity contribution is 8.00.